The molecule has 1 rings (SSSR count). The highest BCUT2D eigenvalue weighted by Gasteiger charge is 2.43. The van der Waals surface area contributed by atoms with Crippen LogP contribution in [0.25, 0.3) is 10.4 Å². The topological polar surface area (TPSA) is 84.3 Å². The number of esters is 1. The molecule has 1 heterocycles. The lowest BCUT2D eigenvalue weighted by Gasteiger charge is -2.42. The van der Waals surface area contributed by atoms with Crippen molar-refractivity contribution in [1.82, 2.24) is 0 Å². The summed E-state index contributed by atoms with van der Waals surface area (Å²) in [6, 6.07) is -0.312. The average Bonchev–Trinajstić information content (AvgIpc) is 2.29. The van der Waals surface area contributed by atoms with Gasteiger partial charge in [-0.1, -0.05) is 19.0 Å². The molecule has 102 valence electrons. The highest BCUT2D eigenvalue weighted by atomic mass is 32.2. The zero-order valence-corrected chi connectivity index (χ0v) is 11.9. The molecule has 0 aromatic rings. The van der Waals surface area contributed by atoms with Crippen LogP contribution in [0.5, 0.6) is 0 Å². The molecule has 1 aliphatic rings. The first-order valence-corrected chi connectivity index (χ1v) is 7.04. The summed E-state index contributed by atoms with van der Waals surface area (Å²) in [6.45, 7) is 7.20. The van der Waals surface area contributed by atoms with E-state index in [0.29, 0.717) is 0 Å². The van der Waals surface area contributed by atoms with E-state index < -0.39 is 0 Å². The molecule has 5 atom stereocenters. The van der Waals surface area contributed by atoms with Crippen molar-refractivity contribution in [2.24, 2.45) is 11.0 Å². The van der Waals surface area contributed by atoms with Gasteiger partial charge in [-0.25, -0.2) is 0 Å². The Balaban J connectivity index is 2.90. The Hall–Kier alpha value is -0.910. The zero-order valence-electron chi connectivity index (χ0n) is 11.1. The molecule has 1 aliphatic heterocycles. The van der Waals surface area contributed by atoms with Crippen molar-refractivity contribution < 1.29 is 14.3 Å². The fraction of sp³-hybridized carbons (Fsp3) is 0.909. The number of hydrogen-bond acceptors (Lipinski definition) is 5. The molecule has 0 aromatic carbocycles. The summed E-state index contributed by atoms with van der Waals surface area (Å²) in [5, 5.41) is 3.75. The van der Waals surface area contributed by atoms with Gasteiger partial charge < -0.3 is 9.47 Å². The average molecular weight is 273 g/mol. The molecule has 0 amide bonds. The third-order valence-corrected chi connectivity index (χ3v) is 4.01. The molecule has 0 bridgehead atoms. The monoisotopic (exact) mass is 273 g/mol. The van der Waals surface area contributed by atoms with Crippen molar-refractivity contribution in [3.8, 4) is 0 Å². The Morgan fingerprint density at radius 2 is 2.22 bits per heavy atom. The molecule has 0 spiro atoms. The van der Waals surface area contributed by atoms with Gasteiger partial charge in [-0.05, 0) is 18.2 Å². The van der Waals surface area contributed by atoms with E-state index in [1.54, 1.807) is 11.8 Å². The molecule has 2 unspecified atom stereocenters. The van der Waals surface area contributed by atoms with Crippen LogP contribution in [0.2, 0.25) is 0 Å². The van der Waals surface area contributed by atoms with E-state index in [2.05, 4.69) is 10.0 Å². The third-order valence-electron chi connectivity index (χ3n) is 2.97. The van der Waals surface area contributed by atoms with E-state index >= 15 is 0 Å². The Morgan fingerprint density at radius 3 is 2.72 bits per heavy atom. The molecule has 0 aromatic heterocycles. The number of hydrogen-bond donors (Lipinski definition) is 0. The van der Waals surface area contributed by atoms with Gasteiger partial charge in [0.15, 0.2) is 0 Å². The predicted molar refractivity (Wildman–Crippen MR) is 70.1 cm³/mol. The molecule has 0 radical (unpaired) electrons. The summed E-state index contributed by atoms with van der Waals surface area (Å²) < 4.78 is 11.1. The Bertz CT molecular complexity index is 346. The van der Waals surface area contributed by atoms with Gasteiger partial charge in [-0.3, -0.25) is 4.79 Å². The van der Waals surface area contributed by atoms with Gasteiger partial charge in [-0.15, -0.1) is 11.8 Å². The lowest BCUT2D eigenvalue weighted by atomic mass is 9.90. The second kappa shape index (κ2) is 6.87. The van der Waals surface area contributed by atoms with Gasteiger partial charge in [0, 0.05) is 17.8 Å². The van der Waals surface area contributed by atoms with Crippen LogP contribution >= 0.6 is 11.8 Å². The SMILES string of the molecule is CCS[C@H]1OC(C)[C@@H](N=[N+]=[N-])[C@H](C)C1OC(C)=O. The first-order chi connectivity index (χ1) is 8.51. The van der Waals surface area contributed by atoms with Gasteiger partial charge in [0.2, 0.25) is 0 Å². The quantitative estimate of drug-likeness (QED) is 0.341. The number of azide groups is 1. The molecule has 18 heavy (non-hydrogen) atoms. The van der Waals surface area contributed by atoms with Crippen LogP contribution in [0, 0.1) is 5.92 Å². The molecule has 0 N–H and O–H groups in total. The Kier molecular flexibility index (Phi) is 5.78. The summed E-state index contributed by atoms with van der Waals surface area (Å²) in [4.78, 5) is 14.0. The number of carbonyl (C=O) groups excluding carboxylic acids is 1. The molecule has 0 saturated carbocycles. The maximum absolute atomic E-state index is 11.2. The number of rotatable bonds is 4. The number of carbonyl (C=O) groups is 1. The van der Waals surface area contributed by atoms with Gasteiger partial charge in [0.1, 0.15) is 11.5 Å². The summed E-state index contributed by atoms with van der Waals surface area (Å²) >= 11 is 1.60. The highest BCUT2D eigenvalue weighted by Crippen LogP contribution is 2.35. The van der Waals surface area contributed by atoms with Crippen molar-refractivity contribution in [2.45, 2.75) is 51.4 Å². The maximum Gasteiger partial charge on any atom is 0.303 e. The zero-order chi connectivity index (χ0) is 13.7. The number of nitrogens with zero attached hydrogens (tertiary/aromatic N) is 3. The van der Waals surface area contributed by atoms with Gasteiger partial charge in [-0.2, -0.15) is 0 Å². The normalized spacial score (nSPS) is 35.7. The molecule has 6 nitrogen and oxygen atoms in total. The van der Waals surface area contributed by atoms with Crippen LogP contribution in [0.1, 0.15) is 27.7 Å². The van der Waals surface area contributed by atoms with Gasteiger partial charge >= 0.3 is 5.97 Å². The van der Waals surface area contributed by atoms with Crippen LogP contribution in [-0.2, 0) is 14.3 Å². The van der Waals surface area contributed by atoms with Crippen LogP contribution in [0.3, 0.4) is 0 Å². The minimum atomic E-state index is -0.376. The van der Waals surface area contributed by atoms with E-state index in [4.69, 9.17) is 15.0 Å². The summed E-state index contributed by atoms with van der Waals surface area (Å²) in [7, 11) is 0. The first-order valence-electron chi connectivity index (χ1n) is 5.99. The maximum atomic E-state index is 11.2. The van der Waals surface area contributed by atoms with Crippen molar-refractivity contribution in [2.75, 3.05) is 5.75 Å². The van der Waals surface area contributed by atoms with E-state index in [-0.39, 0.29) is 35.6 Å². The third kappa shape index (κ3) is 3.54. The van der Waals surface area contributed by atoms with E-state index in [9.17, 15) is 4.79 Å². The Labute approximate surface area is 111 Å². The predicted octanol–water partition coefficient (Wildman–Crippen LogP) is 2.73. The first kappa shape index (κ1) is 15.1. The fourth-order valence-corrected chi connectivity index (χ4v) is 3.23. The summed E-state index contributed by atoms with van der Waals surface area (Å²) in [5.41, 5.74) is 8.38. The molecule has 7 heteroatoms. The molecule has 1 fully saturated rings. The van der Waals surface area contributed by atoms with Crippen molar-refractivity contribution >= 4 is 17.7 Å². The molecule has 1 saturated heterocycles. The minimum absolute atomic E-state index is 0.0578. The summed E-state index contributed by atoms with van der Waals surface area (Å²) in [5.74, 6) is 0.470. The standard InChI is InChI=1S/C11H19N3O3S/c1-5-18-11-10(17-8(4)15)6(2)9(13-14-12)7(3)16-11/h6-7,9-11H,5H2,1-4H3/t6-,7?,9-,10?,11+/m0/s1. The smallest absolute Gasteiger partial charge is 0.303 e. The van der Waals surface area contributed by atoms with Gasteiger partial charge in [0.25, 0.3) is 0 Å². The molecule has 0 aliphatic carbocycles. The lowest BCUT2D eigenvalue weighted by molar-refractivity contribution is -0.168. The van der Waals surface area contributed by atoms with Crippen LogP contribution in [0.4, 0.5) is 0 Å². The fourth-order valence-electron chi connectivity index (χ4n) is 2.15. The minimum Gasteiger partial charge on any atom is -0.459 e. The van der Waals surface area contributed by atoms with Crippen LogP contribution in [-0.4, -0.2) is 35.4 Å². The number of ether oxygens (including phenoxy) is 2. The second-order valence-corrected chi connectivity index (χ2v) is 5.67. The Morgan fingerprint density at radius 1 is 1.56 bits per heavy atom. The number of thioether (sulfide) groups is 1. The van der Waals surface area contributed by atoms with Crippen LogP contribution in [0.15, 0.2) is 5.11 Å². The lowest BCUT2D eigenvalue weighted by Crippen LogP contribution is -2.51. The second-order valence-electron chi connectivity index (χ2n) is 4.29. The summed E-state index contributed by atoms with van der Waals surface area (Å²) in [6.07, 6.45) is -0.550. The highest BCUT2D eigenvalue weighted by molar-refractivity contribution is 7.99. The van der Waals surface area contributed by atoms with E-state index in [1.807, 2.05) is 20.8 Å². The largest absolute Gasteiger partial charge is 0.459 e. The van der Waals surface area contributed by atoms with Crippen LogP contribution < -0.4 is 0 Å². The van der Waals surface area contributed by atoms with E-state index in [0.717, 1.165) is 5.75 Å². The van der Waals surface area contributed by atoms with Crippen molar-refractivity contribution in [1.29, 1.82) is 0 Å². The van der Waals surface area contributed by atoms with Crippen molar-refractivity contribution in [3.05, 3.63) is 10.4 Å². The molecular weight excluding hydrogens is 254 g/mol. The van der Waals surface area contributed by atoms with Gasteiger partial charge in [0.05, 0.1) is 12.1 Å². The molecular formula is C11H19N3O3S. The van der Waals surface area contributed by atoms with E-state index in [1.165, 1.54) is 6.92 Å². The van der Waals surface area contributed by atoms with Crippen molar-refractivity contribution in [3.63, 3.8) is 0 Å².